The molecule has 0 saturated heterocycles. The number of nitrogens with one attached hydrogen (secondary N) is 1. The number of fused-ring (bicyclic) bond motifs is 1. The molecule has 1 aromatic heterocycles. The summed E-state index contributed by atoms with van der Waals surface area (Å²) in [4.78, 5) is 13.4. The Labute approximate surface area is 220 Å². The van der Waals surface area contributed by atoms with Crippen molar-refractivity contribution >= 4 is 49.5 Å². The maximum absolute atomic E-state index is 13.4. The highest BCUT2D eigenvalue weighted by atomic mass is 79.9. The van der Waals surface area contributed by atoms with Gasteiger partial charge in [0.2, 0.25) is 15.6 Å². The summed E-state index contributed by atoms with van der Waals surface area (Å²) in [5, 5.41) is 19.4. The molecule has 0 saturated carbocycles. The monoisotopic (exact) mass is 572 g/mol. The Kier molecular flexibility index (Phi) is 8.10. The Hall–Kier alpha value is -3.37. The highest BCUT2D eigenvalue weighted by Crippen LogP contribution is 2.34. The number of halogens is 1. The zero-order valence-electron chi connectivity index (χ0n) is 20.3. The lowest BCUT2D eigenvalue weighted by Gasteiger charge is -2.20. The number of ketones is 1. The summed E-state index contributed by atoms with van der Waals surface area (Å²) in [5.74, 6) is -0.450. The highest BCUT2D eigenvalue weighted by molar-refractivity contribution is 8.93. The second kappa shape index (κ2) is 10.7. The minimum Gasteiger partial charge on any atom is -0.505 e. The molecule has 0 atom stereocenters. The van der Waals surface area contributed by atoms with Crippen molar-refractivity contribution in [3.8, 4) is 5.75 Å². The van der Waals surface area contributed by atoms with Crippen molar-refractivity contribution < 1.29 is 18.3 Å². The number of aromatic nitrogens is 2. The van der Waals surface area contributed by atoms with Crippen LogP contribution in [0.3, 0.4) is 0 Å². The van der Waals surface area contributed by atoms with Gasteiger partial charge >= 0.3 is 0 Å². The van der Waals surface area contributed by atoms with Gasteiger partial charge in [-0.05, 0) is 41.8 Å². The van der Waals surface area contributed by atoms with Crippen LogP contribution >= 0.6 is 17.0 Å². The average molecular weight is 574 g/mol. The summed E-state index contributed by atoms with van der Waals surface area (Å²) in [5.41, 5.74) is 3.63. The van der Waals surface area contributed by atoms with Gasteiger partial charge < -0.3 is 14.2 Å². The van der Waals surface area contributed by atoms with Gasteiger partial charge in [0.1, 0.15) is 5.75 Å². The molecule has 190 valence electrons. The largest absolute Gasteiger partial charge is 0.505 e. The molecule has 3 aromatic carbocycles. The number of para-hydroxylation sites is 2. The Morgan fingerprint density at radius 3 is 2.17 bits per heavy atom. The van der Waals surface area contributed by atoms with Gasteiger partial charge in [-0.1, -0.05) is 49.4 Å². The SMILES string of the molecule is Br.CCc1cc(C(=O)Cn2c(=N)n(Cc3ccccc3)c3ccccc32)cc(N(C)S(C)(=O)=O)c1O. The lowest BCUT2D eigenvalue weighted by Crippen LogP contribution is -2.28. The van der Waals surface area contributed by atoms with E-state index in [2.05, 4.69) is 0 Å². The molecule has 4 rings (SSSR count). The number of sulfonamides is 1. The van der Waals surface area contributed by atoms with Crippen molar-refractivity contribution in [1.29, 1.82) is 5.41 Å². The van der Waals surface area contributed by atoms with E-state index in [1.165, 1.54) is 13.1 Å². The number of aromatic hydroxyl groups is 1. The number of nitrogens with zero attached hydrogens (tertiary/aromatic N) is 3. The van der Waals surface area contributed by atoms with Gasteiger partial charge in [0.15, 0.2) is 5.78 Å². The number of carbonyl (C=O) groups is 1. The average Bonchev–Trinajstić information content (AvgIpc) is 3.09. The molecule has 0 amide bonds. The molecule has 2 N–H and O–H groups in total. The Balaban J connectivity index is 0.00000361. The maximum Gasteiger partial charge on any atom is 0.232 e. The fourth-order valence-corrected chi connectivity index (χ4v) is 4.64. The quantitative estimate of drug-likeness (QED) is 0.310. The summed E-state index contributed by atoms with van der Waals surface area (Å²) < 4.78 is 28.7. The second-order valence-corrected chi connectivity index (χ2v) is 10.5. The summed E-state index contributed by atoms with van der Waals surface area (Å²) in [6.07, 6.45) is 1.46. The molecule has 8 nitrogen and oxygen atoms in total. The number of benzene rings is 3. The van der Waals surface area contributed by atoms with Crippen molar-refractivity contribution in [1.82, 2.24) is 9.13 Å². The molecular weight excluding hydrogens is 544 g/mol. The molecular formula is C26H29BrN4O4S. The highest BCUT2D eigenvalue weighted by Gasteiger charge is 2.22. The zero-order chi connectivity index (χ0) is 25.3. The maximum atomic E-state index is 13.4. The van der Waals surface area contributed by atoms with Crippen molar-refractivity contribution in [3.05, 3.63) is 89.0 Å². The van der Waals surface area contributed by atoms with Gasteiger partial charge in [0.05, 0.1) is 36.1 Å². The van der Waals surface area contributed by atoms with Crippen LogP contribution in [-0.2, 0) is 29.5 Å². The molecule has 0 radical (unpaired) electrons. The van der Waals surface area contributed by atoms with E-state index in [0.29, 0.717) is 18.5 Å². The van der Waals surface area contributed by atoms with Crippen LogP contribution in [0.5, 0.6) is 5.75 Å². The van der Waals surface area contributed by atoms with Crippen LogP contribution in [0.1, 0.15) is 28.4 Å². The normalized spacial score (nSPS) is 11.3. The van der Waals surface area contributed by atoms with Crippen LogP contribution in [0.15, 0.2) is 66.7 Å². The molecule has 0 bridgehead atoms. The Bertz CT molecular complexity index is 1580. The summed E-state index contributed by atoms with van der Waals surface area (Å²) in [6, 6.07) is 20.4. The fourth-order valence-electron chi connectivity index (χ4n) is 4.14. The van der Waals surface area contributed by atoms with Gasteiger partial charge in [-0.25, -0.2) is 8.42 Å². The van der Waals surface area contributed by atoms with E-state index in [1.807, 2.05) is 66.1 Å². The first-order valence-corrected chi connectivity index (χ1v) is 13.1. The first-order valence-electron chi connectivity index (χ1n) is 11.2. The van der Waals surface area contributed by atoms with E-state index in [-0.39, 0.29) is 51.9 Å². The summed E-state index contributed by atoms with van der Waals surface area (Å²) in [7, 11) is -2.30. The van der Waals surface area contributed by atoms with E-state index in [1.54, 1.807) is 10.6 Å². The number of phenolic OH excluding ortho intramolecular Hbond substituents is 1. The molecule has 4 aromatic rings. The molecule has 0 aliphatic heterocycles. The third-order valence-electron chi connectivity index (χ3n) is 6.17. The van der Waals surface area contributed by atoms with Crippen molar-refractivity contribution in [2.45, 2.75) is 26.4 Å². The number of Topliss-reactive ketones (excluding diaryl/α,β-unsaturated/α-hetero) is 1. The number of phenols is 1. The molecule has 0 unspecified atom stereocenters. The van der Waals surface area contributed by atoms with Crippen molar-refractivity contribution in [2.75, 3.05) is 17.6 Å². The Morgan fingerprint density at radius 2 is 1.58 bits per heavy atom. The number of carbonyl (C=O) groups excluding carboxylic acids is 1. The summed E-state index contributed by atoms with van der Waals surface area (Å²) in [6.45, 7) is 2.21. The first-order chi connectivity index (χ1) is 16.6. The smallest absolute Gasteiger partial charge is 0.232 e. The predicted octanol–water partition coefficient (Wildman–Crippen LogP) is 4.10. The minimum atomic E-state index is -3.64. The number of hydrogen-bond acceptors (Lipinski definition) is 5. The molecule has 0 fully saturated rings. The Morgan fingerprint density at radius 1 is 1.00 bits per heavy atom. The van der Waals surface area contributed by atoms with E-state index in [9.17, 15) is 18.3 Å². The molecule has 36 heavy (non-hydrogen) atoms. The third-order valence-corrected chi connectivity index (χ3v) is 7.36. The molecule has 0 aliphatic rings. The van der Waals surface area contributed by atoms with E-state index >= 15 is 0 Å². The standard InChI is InChI=1S/C26H28N4O4S.BrH/c1-4-19-14-20(15-23(25(19)32)28(2)35(3,33)34)24(31)17-30-22-13-9-8-12-21(22)29(26(30)27)16-18-10-6-5-7-11-18;/h5-15,27,32H,4,16-17H2,1-3H3;1H. The van der Waals surface area contributed by atoms with Gasteiger partial charge in [0, 0.05) is 12.6 Å². The lowest BCUT2D eigenvalue weighted by atomic mass is 10.0. The van der Waals surface area contributed by atoms with Crippen LogP contribution in [0.25, 0.3) is 11.0 Å². The number of hydrogen-bond donors (Lipinski definition) is 2. The van der Waals surface area contributed by atoms with E-state index < -0.39 is 10.0 Å². The lowest BCUT2D eigenvalue weighted by molar-refractivity contribution is 0.0971. The van der Waals surface area contributed by atoms with Crippen LogP contribution in [0.4, 0.5) is 5.69 Å². The topological polar surface area (TPSA) is 108 Å². The molecule has 1 heterocycles. The zero-order valence-corrected chi connectivity index (χ0v) is 22.8. The van der Waals surface area contributed by atoms with Gasteiger partial charge in [-0.3, -0.25) is 14.5 Å². The predicted molar refractivity (Wildman–Crippen MR) is 147 cm³/mol. The van der Waals surface area contributed by atoms with Crippen LogP contribution in [-0.4, -0.2) is 41.7 Å². The van der Waals surface area contributed by atoms with Gasteiger partial charge in [0.25, 0.3) is 0 Å². The number of imidazole rings is 1. The van der Waals surface area contributed by atoms with E-state index in [4.69, 9.17) is 5.41 Å². The third kappa shape index (κ3) is 5.24. The van der Waals surface area contributed by atoms with Crippen LogP contribution in [0, 0.1) is 5.41 Å². The molecule has 0 aliphatic carbocycles. The van der Waals surface area contributed by atoms with Gasteiger partial charge in [-0.15, -0.1) is 17.0 Å². The van der Waals surface area contributed by atoms with Crippen LogP contribution < -0.4 is 9.92 Å². The molecule has 0 spiro atoms. The minimum absolute atomic E-state index is 0. The number of rotatable bonds is 8. The summed E-state index contributed by atoms with van der Waals surface area (Å²) >= 11 is 0. The van der Waals surface area contributed by atoms with Crippen molar-refractivity contribution in [2.24, 2.45) is 0 Å². The number of aryl methyl sites for hydroxylation is 1. The van der Waals surface area contributed by atoms with E-state index in [0.717, 1.165) is 27.2 Å². The van der Waals surface area contributed by atoms with Crippen LogP contribution in [0.2, 0.25) is 0 Å². The van der Waals surface area contributed by atoms with Gasteiger partial charge in [-0.2, -0.15) is 0 Å². The van der Waals surface area contributed by atoms with Crippen molar-refractivity contribution in [3.63, 3.8) is 0 Å². The first kappa shape index (κ1) is 27.2. The second-order valence-electron chi connectivity index (χ2n) is 8.48. The fraction of sp³-hybridized carbons (Fsp3) is 0.231. The number of anilines is 1. The molecule has 10 heteroatoms.